The zero-order valence-electron chi connectivity index (χ0n) is 8.86. The van der Waals surface area contributed by atoms with Crippen LogP contribution in [0.5, 0.6) is 0 Å². The summed E-state index contributed by atoms with van der Waals surface area (Å²) in [5, 5.41) is 9.80. The summed E-state index contributed by atoms with van der Waals surface area (Å²) in [6, 6.07) is 0.0156. The van der Waals surface area contributed by atoms with Crippen LogP contribution in [-0.4, -0.2) is 40.6 Å². The van der Waals surface area contributed by atoms with Crippen molar-refractivity contribution in [3.8, 4) is 0 Å². The molecule has 0 bridgehead atoms. The van der Waals surface area contributed by atoms with Crippen LogP contribution in [0.4, 0.5) is 0 Å². The third-order valence-corrected chi connectivity index (χ3v) is 2.71. The van der Waals surface area contributed by atoms with Gasteiger partial charge in [-0.05, 0) is 19.4 Å². The Labute approximate surface area is 88.8 Å². The minimum absolute atomic E-state index is 0.0156. The van der Waals surface area contributed by atoms with Crippen molar-refractivity contribution in [2.75, 3.05) is 13.6 Å². The summed E-state index contributed by atoms with van der Waals surface area (Å²) in [5.74, 6) is 0.175. The first-order valence-corrected chi connectivity index (χ1v) is 5.23. The first-order valence-electron chi connectivity index (χ1n) is 5.23. The van der Waals surface area contributed by atoms with E-state index in [0.29, 0.717) is 6.54 Å². The minimum atomic E-state index is 0.0156. The molecule has 15 heavy (non-hydrogen) atoms. The molecular weight excluding hydrogens is 192 g/mol. The van der Waals surface area contributed by atoms with Crippen molar-refractivity contribution < 1.29 is 4.79 Å². The van der Waals surface area contributed by atoms with Crippen LogP contribution in [0.1, 0.15) is 18.4 Å². The Kier molecular flexibility index (Phi) is 3.01. The van der Waals surface area contributed by atoms with Gasteiger partial charge in [-0.2, -0.15) is 5.10 Å². The molecule has 5 heteroatoms. The number of aromatic nitrogens is 2. The maximum atomic E-state index is 11.9. The fourth-order valence-electron chi connectivity index (χ4n) is 1.88. The average Bonchev–Trinajstić information content (AvgIpc) is 2.88. The first-order chi connectivity index (χ1) is 7.27. The van der Waals surface area contributed by atoms with Crippen LogP contribution in [-0.2, 0) is 11.3 Å². The summed E-state index contributed by atoms with van der Waals surface area (Å²) >= 11 is 0. The van der Waals surface area contributed by atoms with E-state index in [1.54, 1.807) is 11.1 Å². The molecule has 1 aliphatic heterocycles. The van der Waals surface area contributed by atoms with Gasteiger partial charge in [0.25, 0.3) is 0 Å². The van der Waals surface area contributed by atoms with Crippen molar-refractivity contribution in [1.82, 2.24) is 20.4 Å². The van der Waals surface area contributed by atoms with Gasteiger partial charge in [-0.1, -0.05) is 0 Å². The second-order valence-corrected chi connectivity index (χ2v) is 3.95. The van der Waals surface area contributed by atoms with E-state index in [2.05, 4.69) is 15.5 Å². The van der Waals surface area contributed by atoms with Crippen LogP contribution in [0.15, 0.2) is 12.4 Å². The summed E-state index contributed by atoms with van der Waals surface area (Å²) in [4.78, 5) is 13.6. The van der Waals surface area contributed by atoms with Crippen LogP contribution in [0, 0.1) is 0 Å². The van der Waals surface area contributed by atoms with Crippen molar-refractivity contribution in [2.24, 2.45) is 0 Å². The Balaban J connectivity index is 1.89. The Morgan fingerprint density at radius 1 is 1.73 bits per heavy atom. The zero-order valence-corrected chi connectivity index (χ0v) is 8.86. The topological polar surface area (TPSA) is 61.0 Å². The molecule has 1 aromatic heterocycles. The molecule has 0 aliphatic carbocycles. The molecule has 1 saturated heterocycles. The molecule has 0 radical (unpaired) electrons. The molecule has 1 aliphatic rings. The minimum Gasteiger partial charge on any atom is -0.340 e. The maximum Gasteiger partial charge on any atom is 0.239 e. The van der Waals surface area contributed by atoms with E-state index < -0.39 is 0 Å². The van der Waals surface area contributed by atoms with Crippen LogP contribution in [0.3, 0.4) is 0 Å². The molecule has 0 unspecified atom stereocenters. The molecule has 1 atom stereocenters. The predicted octanol–water partition coefficient (Wildman–Crippen LogP) is 0.120. The number of carbonyl (C=O) groups is 1. The van der Waals surface area contributed by atoms with E-state index >= 15 is 0 Å². The van der Waals surface area contributed by atoms with E-state index in [4.69, 9.17) is 0 Å². The van der Waals surface area contributed by atoms with E-state index in [1.807, 2.05) is 13.2 Å². The van der Waals surface area contributed by atoms with Crippen molar-refractivity contribution in [3.63, 3.8) is 0 Å². The van der Waals surface area contributed by atoms with Crippen molar-refractivity contribution in [1.29, 1.82) is 0 Å². The van der Waals surface area contributed by atoms with Gasteiger partial charge < -0.3 is 10.2 Å². The van der Waals surface area contributed by atoms with E-state index in [0.717, 1.165) is 24.9 Å². The number of hydrogen-bond acceptors (Lipinski definition) is 3. The lowest BCUT2D eigenvalue weighted by Crippen LogP contribution is -2.41. The predicted molar refractivity (Wildman–Crippen MR) is 56.1 cm³/mol. The summed E-state index contributed by atoms with van der Waals surface area (Å²) in [7, 11) is 1.83. The molecule has 82 valence electrons. The number of H-pyrrole nitrogens is 1. The highest BCUT2D eigenvalue weighted by atomic mass is 16.2. The zero-order chi connectivity index (χ0) is 10.7. The summed E-state index contributed by atoms with van der Waals surface area (Å²) in [6.45, 7) is 1.57. The van der Waals surface area contributed by atoms with Gasteiger partial charge in [0.15, 0.2) is 0 Å². The van der Waals surface area contributed by atoms with Crippen LogP contribution in [0.25, 0.3) is 0 Å². The molecule has 5 nitrogen and oxygen atoms in total. The molecule has 0 spiro atoms. The van der Waals surface area contributed by atoms with Gasteiger partial charge >= 0.3 is 0 Å². The SMILES string of the molecule is CN(Cc1cn[nH]c1)C(=O)[C@@H]1CCCN1. The molecule has 2 N–H and O–H groups in total. The van der Waals surface area contributed by atoms with Gasteiger partial charge in [0.1, 0.15) is 0 Å². The van der Waals surface area contributed by atoms with Gasteiger partial charge in [0.05, 0.1) is 12.2 Å². The molecule has 1 aromatic rings. The van der Waals surface area contributed by atoms with Gasteiger partial charge in [-0.15, -0.1) is 0 Å². The number of carbonyl (C=O) groups excluding carboxylic acids is 1. The molecule has 2 rings (SSSR count). The largest absolute Gasteiger partial charge is 0.340 e. The van der Waals surface area contributed by atoms with Crippen molar-refractivity contribution in [3.05, 3.63) is 18.0 Å². The standard InChI is InChI=1S/C10H16N4O/c1-14(7-8-5-12-13-6-8)10(15)9-3-2-4-11-9/h5-6,9,11H,2-4,7H2,1H3,(H,12,13)/t9-/m0/s1. The number of nitrogens with one attached hydrogen (secondary N) is 2. The van der Waals surface area contributed by atoms with Gasteiger partial charge in [-0.25, -0.2) is 0 Å². The number of aromatic amines is 1. The second kappa shape index (κ2) is 4.44. The van der Waals surface area contributed by atoms with Crippen molar-refractivity contribution in [2.45, 2.75) is 25.4 Å². The molecular formula is C10H16N4O. The van der Waals surface area contributed by atoms with E-state index in [1.165, 1.54) is 0 Å². The number of hydrogen-bond donors (Lipinski definition) is 2. The quantitative estimate of drug-likeness (QED) is 0.741. The smallest absolute Gasteiger partial charge is 0.239 e. The van der Waals surface area contributed by atoms with E-state index in [9.17, 15) is 4.79 Å². The third-order valence-electron chi connectivity index (χ3n) is 2.71. The summed E-state index contributed by atoms with van der Waals surface area (Å²) < 4.78 is 0. The number of nitrogens with zero attached hydrogens (tertiary/aromatic N) is 2. The summed E-state index contributed by atoms with van der Waals surface area (Å²) in [6.07, 6.45) is 5.60. The van der Waals surface area contributed by atoms with Gasteiger partial charge in [-0.3, -0.25) is 9.89 Å². The normalized spacial score (nSPS) is 20.5. The Morgan fingerprint density at radius 2 is 2.60 bits per heavy atom. The first kappa shape index (κ1) is 10.2. The number of rotatable bonds is 3. The molecule has 0 aromatic carbocycles. The average molecular weight is 208 g/mol. The Bertz CT molecular complexity index is 316. The third kappa shape index (κ3) is 2.36. The lowest BCUT2D eigenvalue weighted by atomic mass is 10.2. The Hall–Kier alpha value is -1.36. The molecule has 1 fully saturated rings. The molecule has 0 saturated carbocycles. The van der Waals surface area contributed by atoms with Crippen LogP contribution < -0.4 is 5.32 Å². The lowest BCUT2D eigenvalue weighted by molar-refractivity contribution is -0.132. The van der Waals surface area contributed by atoms with Gasteiger partial charge in [0, 0.05) is 25.4 Å². The number of amides is 1. The van der Waals surface area contributed by atoms with Gasteiger partial charge in [0.2, 0.25) is 5.91 Å². The van der Waals surface area contributed by atoms with Crippen LogP contribution >= 0.6 is 0 Å². The lowest BCUT2D eigenvalue weighted by Gasteiger charge is -2.20. The highest BCUT2D eigenvalue weighted by Gasteiger charge is 2.24. The molecule has 2 heterocycles. The van der Waals surface area contributed by atoms with Crippen molar-refractivity contribution >= 4 is 5.91 Å². The highest BCUT2D eigenvalue weighted by Crippen LogP contribution is 2.09. The van der Waals surface area contributed by atoms with E-state index in [-0.39, 0.29) is 11.9 Å². The molecule has 1 amide bonds. The Morgan fingerprint density at radius 3 is 3.20 bits per heavy atom. The monoisotopic (exact) mass is 208 g/mol. The fraction of sp³-hybridized carbons (Fsp3) is 0.600. The highest BCUT2D eigenvalue weighted by molar-refractivity contribution is 5.81. The fourth-order valence-corrected chi connectivity index (χ4v) is 1.88. The summed E-state index contributed by atoms with van der Waals surface area (Å²) in [5.41, 5.74) is 1.03. The second-order valence-electron chi connectivity index (χ2n) is 3.95. The number of likely N-dealkylation sites (N-methyl/N-ethyl adjacent to an activating group) is 1. The maximum absolute atomic E-state index is 11.9. The van der Waals surface area contributed by atoms with Crippen LogP contribution in [0.2, 0.25) is 0 Å².